The summed E-state index contributed by atoms with van der Waals surface area (Å²) in [6.07, 6.45) is -5.58. The van der Waals surface area contributed by atoms with Gasteiger partial charge in [-0.05, 0) is 17.7 Å². The lowest BCUT2D eigenvalue weighted by molar-refractivity contribution is -0.167. The molecule has 21 heavy (non-hydrogen) atoms. The van der Waals surface area contributed by atoms with Crippen molar-refractivity contribution in [1.29, 1.82) is 0 Å². The zero-order chi connectivity index (χ0) is 15.9. The molecule has 0 saturated carbocycles. The number of carbonyl (C=O) groups is 1. The molecule has 0 aromatic heterocycles. The third-order valence-corrected chi connectivity index (χ3v) is 2.51. The summed E-state index contributed by atoms with van der Waals surface area (Å²) in [5.74, 6) is -2.01. The summed E-state index contributed by atoms with van der Waals surface area (Å²) in [6.45, 7) is 0.818. The minimum absolute atomic E-state index is 0.0639. The Kier molecular flexibility index (Phi) is 6.60. The monoisotopic (exact) mass is 306 g/mol. The van der Waals surface area contributed by atoms with E-state index in [0.717, 1.165) is 0 Å². The van der Waals surface area contributed by atoms with Crippen molar-refractivity contribution in [1.82, 2.24) is 5.32 Å². The zero-order valence-corrected chi connectivity index (χ0v) is 11.4. The summed E-state index contributed by atoms with van der Waals surface area (Å²) in [6, 6.07) is 6.03. The first-order valence-electron chi connectivity index (χ1n) is 6.17. The summed E-state index contributed by atoms with van der Waals surface area (Å²) in [4.78, 5) is 10.8. The number of alkyl halides is 3. The van der Waals surface area contributed by atoms with Gasteiger partial charge in [0.1, 0.15) is 0 Å². The number of benzene rings is 1. The van der Waals surface area contributed by atoms with Crippen molar-refractivity contribution in [3.63, 3.8) is 0 Å². The number of aliphatic hydroxyl groups excluding tert-OH is 1. The van der Waals surface area contributed by atoms with E-state index in [1.54, 1.807) is 11.4 Å². The lowest BCUT2D eigenvalue weighted by Gasteiger charge is -2.12. The average molecular weight is 306 g/mol. The maximum absolute atomic E-state index is 12.1. The highest BCUT2D eigenvalue weighted by atomic mass is 19.4. The molecule has 1 amide bonds. The summed E-state index contributed by atoms with van der Waals surface area (Å²) in [7, 11) is 1.47. The van der Waals surface area contributed by atoms with Crippen LogP contribution in [0, 0.1) is 0 Å². The first kappa shape index (κ1) is 17.4. The SMILES string of the molecule is COCC(O)CNCc1cccc(NC(=O)C(F)(F)F)c1. The molecule has 0 radical (unpaired) electrons. The summed E-state index contributed by atoms with van der Waals surface area (Å²) < 4.78 is 41.2. The third kappa shape index (κ3) is 6.56. The maximum Gasteiger partial charge on any atom is 0.471 e. The Bertz CT molecular complexity index is 466. The van der Waals surface area contributed by atoms with E-state index in [4.69, 9.17) is 4.74 Å². The number of methoxy groups -OCH3 is 1. The predicted molar refractivity (Wildman–Crippen MR) is 70.7 cm³/mol. The predicted octanol–water partition coefficient (Wildman–Crippen LogP) is 1.28. The van der Waals surface area contributed by atoms with Gasteiger partial charge in [0, 0.05) is 25.9 Å². The van der Waals surface area contributed by atoms with E-state index >= 15 is 0 Å². The standard InChI is InChI=1S/C13H17F3N2O3/c1-21-8-11(19)7-17-6-9-3-2-4-10(5-9)18-12(20)13(14,15)16/h2-5,11,17,19H,6-8H2,1H3,(H,18,20). The summed E-state index contributed by atoms with van der Waals surface area (Å²) >= 11 is 0. The van der Waals surface area contributed by atoms with Gasteiger partial charge in [-0.25, -0.2) is 0 Å². The van der Waals surface area contributed by atoms with Crippen molar-refractivity contribution in [2.75, 3.05) is 25.6 Å². The topological polar surface area (TPSA) is 70.6 Å². The second kappa shape index (κ2) is 7.96. The Hall–Kier alpha value is -1.64. The van der Waals surface area contributed by atoms with Crippen molar-refractivity contribution in [2.45, 2.75) is 18.8 Å². The molecular formula is C13H17F3N2O3. The fourth-order valence-corrected chi connectivity index (χ4v) is 1.60. The van der Waals surface area contributed by atoms with Gasteiger partial charge in [-0.3, -0.25) is 4.79 Å². The van der Waals surface area contributed by atoms with E-state index in [1.807, 2.05) is 0 Å². The van der Waals surface area contributed by atoms with E-state index in [2.05, 4.69) is 5.32 Å². The third-order valence-electron chi connectivity index (χ3n) is 2.51. The van der Waals surface area contributed by atoms with Crippen LogP contribution in [0.1, 0.15) is 5.56 Å². The van der Waals surface area contributed by atoms with Crippen LogP contribution in [0.15, 0.2) is 24.3 Å². The van der Waals surface area contributed by atoms with Crippen LogP contribution in [0.2, 0.25) is 0 Å². The van der Waals surface area contributed by atoms with Gasteiger partial charge in [-0.15, -0.1) is 0 Å². The Morgan fingerprint density at radius 2 is 2.14 bits per heavy atom. The minimum Gasteiger partial charge on any atom is -0.389 e. The highest BCUT2D eigenvalue weighted by Gasteiger charge is 2.38. The number of carbonyl (C=O) groups excluding carboxylic acids is 1. The summed E-state index contributed by atoms with van der Waals surface area (Å²) in [5.41, 5.74) is 0.744. The quantitative estimate of drug-likeness (QED) is 0.710. The number of anilines is 1. The number of nitrogens with one attached hydrogen (secondary N) is 2. The Morgan fingerprint density at radius 3 is 2.76 bits per heavy atom. The van der Waals surface area contributed by atoms with Crippen LogP contribution in [-0.4, -0.2) is 43.6 Å². The normalized spacial score (nSPS) is 13.0. The first-order valence-corrected chi connectivity index (χ1v) is 6.17. The Balaban J connectivity index is 2.51. The van der Waals surface area contributed by atoms with Gasteiger partial charge >= 0.3 is 12.1 Å². The maximum atomic E-state index is 12.1. The average Bonchev–Trinajstić information content (AvgIpc) is 2.38. The molecule has 1 unspecified atom stereocenters. The van der Waals surface area contributed by atoms with Crippen molar-refractivity contribution in [3.05, 3.63) is 29.8 Å². The van der Waals surface area contributed by atoms with Crippen molar-refractivity contribution in [3.8, 4) is 0 Å². The van der Waals surface area contributed by atoms with Gasteiger partial charge in [0.25, 0.3) is 0 Å². The van der Waals surface area contributed by atoms with Gasteiger partial charge in [0.05, 0.1) is 12.7 Å². The first-order chi connectivity index (χ1) is 9.82. The fraction of sp³-hybridized carbons (Fsp3) is 0.462. The largest absolute Gasteiger partial charge is 0.471 e. The fourth-order valence-electron chi connectivity index (χ4n) is 1.60. The molecule has 0 aliphatic carbocycles. The molecule has 1 aromatic carbocycles. The number of ether oxygens (including phenoxy) is 1. The molecule has 1 atom stereocenters. The van der Waals surface area contributed by atoms with Crippen LogP contribution < -0.4 is 10.6 Å². The van der Waals surface area contributed by atoms with Crippen LogP contribution in [0.3, 0.4) is 0 Å². The van der Waals surface area contributed by atoms with E-state index in [1.165, 1.54) is 25.3 Å². The number of halogens is 3. The molecule has 118 valence electrons. The molecule has 8 heteroatoms. The van der Waals surface area contributed by atoms with Gasteiger partial charge < -0.3 is 20.5 Å². The van der Waals surface area contributed by atoms with E-state index in [-0.39, 0.29) is 18.8 Å². The van der Waals surface area contributed by atoms with Gasteiger partial charge in [-0.2, -0.15) is 13.2 Å². The highest BCUT2D eigenvalue weighted by molar-refractivity contribution is 5.94. The molecule has 0 heterocycles. The molecule has 1 aromatic rings. The van der Waals surface area contributed by atoms with E-state index in [9.17, 15) is 23.1 Å². The van der Waals surface area contributed by atoms with E-state index < -0.39 is 18.2 Å². The molecule has 0 aliphatic rings. The molecule has 3 N–H and O–H groups in total. The number of hydrogen-bond acceptors (Lipinski definition) is 4. The van der Waals surface area contributed by atoms with Gasteiger partial charge in [0.2, 0.25) is 0 Å². The molecule has 5 nitrogen and oxygen atoms in total. The molecule has 0 spiro atoms. The number of hydrogen-bond donors (Lipinski definition) is 3. The molecular weight excluding hydrogens is 289 g/mol. The van der Waals surface area contributed by atoms with Crippen LogP contribution >= 0.6 is 0 Å². The zero-order valence-electron chi connectivity index (χ0n) is 11.4. The summed E-state index contributed by atoms with van der Waals surface area (Å²) in [5, 5.41) is 14.1. The van der Waals surface area contributed by atoms with Crippen molar-refractivity contribution < 1.29 is 27.8 Å². The number of rotatable bonds is 7. The molecule has 0 aliphatic heterocycles. The van der Waals surface area contributed by atoms with Gasteiger partial charge in [-0.1, -0.05) is 12.1 Å². The number of amides is 1. The van der Waals surface area contributed by atoms with Crippen LogP contribution in [0.25, 0.3) is 0 Å². The minimum atomic E-state index is -4.92. The van der Waals surface area contributed by atoms with Crippen molar-refractivity contribution in [2.24, 2.45) is 0 Å². The second-order valence-corrected chi connectivity index (χ2v) is 4.39. The molecule has 0 bridgehead atoms. The second-order valence-electron chi connectivity index (χ2n) is 4.39. The van der Waals surface area contributed by atoms with Gasteiger partial charge in [0.15, 0.2) is 0 Å². The lowest BCUT2D eigenvalue weighted by atomic mass is 10.2. The highest BCUT2D eigenvalue weighted by Crippen LogP contribution is 2.18. The molecule has 0 saturated heterocycles. The number of aliphatic hydroxyl groups is 1. The Morgan fingerprint density at radius 1 is 1.43 bits per heavy atom. The van der Waals surface area contributed by atoms with Crippen LogP contribution in [-0.2, 0) is 16.1 Å². The lowest BCUT2D eigenvalue weighted by Crippen LogP contribution is -2.30. The smallest absolute Gasteiger partial charge is 0.389 e. The molecule has 0 fully saturated rings. The van der Waals surface area contributed by atoms with Crippen LogP contribution in [0.5, 0.6) is 0 Å². The van der Waals surface area contributed by atoms with E-state index in [0.29, 0.717) is 12.1 Å². The van der Waals surface area contributed by atoms with Crippen LogP contribution in [0.4, 0.5) is 18.9 Å². The Labute approximate surface area is 120 Å². The molecule has 1 rings (SSSR count). The van der Waals surface area contributed by atoms with Crippen molar-refractivity contribution >= 4 is 11.6 Å².